The molecule has 0 spiro atoms. The summed E-state index contributed by atoms with van der Waals surface area (Å²) in [6, 6.07) is 1.10. The molecule has 0 unspecified atom stereocenters. The van der Waals surface area contributed by atoms with Crippen LogP contribution in [-0.2, 0) is 27.0 Å². The molecule has 1 aromatic carbocycles. The van der Waals surface area contributed by atoms with Crippen molar-refractivity contribution in [1.82, 2.24) is 0 Å². The van der Waals surface area contributed by atoms with Gasteiger partial charge in [0.1, 0.15) is 11.1 Å². The third-order valence-corrected chi connectivity index (χ3v) is 1.66. The molecule has 0 bridgehead atoms. The van der Waals surface area contributed by atoms with Crippen LogP contribution in [-0.4, -0.2) is 11.9 Å². The van der Waals surface area contributed by atoms with E-state index in [1.807, 2.05) is 0 Å². The minimum atomic E-state index is -1.84. The average molecular weight is 310 g/mol. The van der Waals surface area contributed by atoms with Crippen molar-refractivity contribution in [2.45, 2.75) is 0 Å². The third kappa shape index (κ3) is 3.75. The van der Waals surface area contributed by atoms with Crippen LogP contribution < -0.4 is 18.9 Å². The Kier molecular flexibility index (Phi) is 8.77. The molecule has 99 valence electrons. The molecule has 0 atom stereocenters. The molecule has 1 rings (SSSR count). The second-order valence-electron chi connectivity index (χ2n) is 2.52. The summed E-state index contributed by atoms with van der Waals surface area (Å²) in [7, 11) is 0. The van der Waals surface area contributed by atoms with Crippen molar-refractivity contribution < 1.29 is 74.7 Å². The normalized spacial score (nSPS) is 8.67. The van der Waals surface area contributed by atoms with Gasteiger partial charge in [0.05, 0.1) is 0 Å². The van der Waals surface area contributed by atoms with E-state index in [4.69, 9.17) is 0 Å². The van der Waals surface area contributed by atoms with Gasteiger partial charge in [0, 0.05) is 26.1 Å². The largest absolute Gasteiger partial charge is 1.00 e. The van der Waals surface area contributed by atoms with Crippen molar-refractivity contribution >= 4 is 11.9 Å². The molecule has 0 aliphatic heterocycles. The minimum absolute atomic E-state index is 0. The zero-order valence-electron chi connectivity index (χ0n) is 9.60. The van der Waals surface area contributed by atoms with Crippen LogP contribution in [0.4, 0.5) is 17.8 Å². The molecular weight excluding hydrogens is 307 g/mol. The maximum Gasteiger partial charge on any atom is 1.00 e. The quantitative estimate of drug-likeness (QED) is 0.528. The fourth-order valence-corrected chi connectivity index (χ4v) is 0.948. The Hall–Kier alpha value is -1.00. The van der Waals surface area contributed by atoms with Crippen LogP contribution >= 0.6 is 0 Å². The summed E-state index contributed by atoms with van der Waals surface area (Å²) < 4.78 is 48.9. The number of halogens is 4. The van der Waals surface area contributed by atoms with E-state index < -0.39 is 34.7 Å². The maximum atomic E-state index is 13.0. The van der Waals surface area contributed by atoms with Crippen LogP contribution in [0.2, 0.25) is 0 Å². The Morgan fingerprint density at radius 3 is 1.44 bits per heavy atom. The minimum Gasteiger partial charge on any atom is -1.00 e. The summed E-state index contributed by atoms with van der Waals surface area (Å²) in [4.78, 5) is 26.4. The second-order valence-corrected chi connectivity index (χ2v) is 2.52. The van der Waals surface area contributed by atoms with Gasteiger partial charge in [0.25, 0.3) is 0 Å². The van der Waals surface area contributed by atoms with E-state index in [0.717, 1.165) is 0 Å². The van der Waals surface area contributed by atoms with Crippen LogP contribution in [0.3, 0.4) is 0 Å². The number of hydrogen-bond acceptors (Lipinski definition) is 4. The van der Waals surface area contributed by atoms with Crippen molar-refractivity contribution in [2.24, 2.45) is 0 Å². The molecule has 0 aliphatic rings. The molecule has 0 heterocycles. The first kappa shape index (κ1) is 19.3. The number of rotatable bonds is 2. The van der Waals surface area contributed by atoms with Crippen molar-refractivity contribution in [2.75, 3.05) is 0 Å². The zero-order chi connectivity index (χ0) is 12.3. The molecule has 0 aromatic heterocycles. The molecule has 0 aliphatic carbocycles. The summed E-state index contributed by atoms with van der Waals surface area (Å²) in [5.41, 5.74) is -2.15. The molecule has 0 fully saturated rings. The maximum absolute atomic E-state index is 13.0. The third-order valence-electron chi connectivity index (χ3n) is 1.66. The van der Waals surface area contributed by atoms with Gasteiger partial charge in [-0.1, -0.05) is 0 Å². The van der Waals surface area contributed by atoms with E-state index in [2.05, 4.69) is 9.88 Å². The molecule has 0 N–H and O–H groups in total. The van der Waals surface area contributed by atoms with Gasteiger partial charge >= 0.3 is 30.8 Å². The second kappa shape index (κ2) is 8.16. The first-order valence-electron chi connectivity index (χ1n) is 3.66. The summed E-state index contributed by atoms with van der Waals surface area (Å²) in [5, 5.41) is 0. The molecule has 1 aromatic rings. The fourth-order valence-electron chi connectivity index (χ4n) is 0.948. The van der Waals surface area contributed by atoms with Gasteiger partial charge in [-0.3, -0.25) is 0 Å². The Morgan fingerprint density at radius 2 is 1.22 bits per heavy atom. The molecule has 10 heteroatoms. The molecule has 18 heavy (non-hydrogen) atoms. The Balaban J connectivity index is -0.000000853. The van der Waals surface area contributed by atoms with Crippen LogP contribution in [0.5, 0.6) is 0 Å². The Bertz CT molecular complexity index is 422. The monoisotopic (exact) mass is 309 g/mol. The van der Waals surface area contributed by atoms with Crippen LogP contribution in [0.25, 0.3) is 0 Å². The molecule has 1 radical (unpaired) electrons. The van der Waals surface area contributed by atoms with Crippen molar-refractivity contribution in [1.29, 1.82) is 0 Å². The van der Waals surface area contributed by atoms with E-state index in [0.29, 0.717) is 12.1 Å². The smallest absolute Gasteiger partial charge is 1.00 e. The van der Waals surface area contributed by atoms with E-state index in [-0.39, 0.29) is 37.4 Å². The topological polar surface area (TPSA) is 52.6 Å². The standard InChI is InChI=1S/C8H2F4O4.Cu.Li.H/c9-5-3(7(13)15-11)1-2-4(6(5)10)8(14)16-12;;;/h1-2H;;;/q;;+1;-1. The summed E-state index contributed by atoms with van der Waals surface area (Å²) in [6.07, 6.45) is 0. The summed E-state index contributed by atoms with van der Waals surface area (Å²) >= 11 is 0. The van der Waals surface area contributed by atoms with Crippen molar-refractivity contribution in [3.8, 4) is 0 Å². The predicted molar refractivity (Wildman–Crippen MR) is 40.5 cm³/mol. The number of carbonyl (C=O) groups excluding carboxylic acids is 2. The van der Waals surface area contributed by atoms with E-state index >= 15 is 0 Å². The first-order chi connectivity index (χ1) is 7.52. The van der Waals surface area contributed by atoms with Crippen LogP contribution in [0.15, 0.2) is 12.1 Å². The predicted octanol–water partition coefficient (Wildman–Crippen LogP) is -0.839. The number of benzene rings is 1. The number of hydrogen-bond donors (Lipinski definition) is 0. The SMILES string of the molecule is O=C(OF)c1ccc(C(=O)OF)c(F)c1F.[Cu].[H-].[Li+]. The molecule has 0 saturated heterocycles. The first-order valence-corrected chi connectivity index (χ1v) is 3.66. The van der Waals surface area contributed by atoms with E-state index in [1.54, 1.807) is 0 Å². The van der Waals surface area contributed by atoms with Gasteiger partial charge in [0.2, 0.25) is 0 Å². The van der Waals surface area contributed by atoms with Gasteiger partial charge in [-0.05, 0) is 12.1 Å². The molecular formula is C8H3CuF4LiO4. The van der Waals surface area contributed by atoms with E-state index in [1.165, 1.54) is 0 Å². The van der Waals surface area contributed by atoms with Crippen LogP contribution in [0, 0.1) is 11.6 Å². The average Bonchev–Trinajstić information content (AvgIpc) is 2.30. The van der Waals surface area contributed by atoms with E-state index in [9.17, 15) is 27.4 Å². The zero-order valence-corrected chi connectivity index (χ0v) is 9.54. The molecule has 0 amide bonds. The number of carbonyl (C=O) groups is 2. The van der Waals surface area contributed by atoms with Gasteiger partial charge in [-0.25, -0.2) is 28.3 Å². The Morgan fingerprint density at radius 1 is 0.944 bits per heavy atom. The summed E-state index contributed by atoms with van der Waals surface area (Å²) in [5.74, 6) is -7.25. The van der Waals surface area contributed by atoms with Gasteiger partial charge < -0.3 is 1.43 Å². The Labute approximate surface area is 122 Å². The summed E-state index contributed by atoms with van der Waals surface area (Å²) in [6.45, 7) is 0. The fraction of sp³-hybridized carbons (Fsp3) is 0. The van der Waals surface area contributed by atoms with Crippen LogP contribution in [0.1, 0.15) is 22.1 Å². The van der Waals surface area contributed by atoms with Gasteiger partial charge in [0.15, 0.2) is 11.6 Å². The van der Waals surface area contributed by atoms with Gasteiger partial charge in [-0.2, -0.15) is 0 Å². The van der Waals surface area contributed by atoms with Gasteiger partial charge in [-0.15, -0.1) is 0 Å². The molecule has 4 nitrogen and oxygen atoms in total. The van der Waals surface area contributed by atoms with Crippen molar-refractivity contribution in [3.05, 3.63) is 34.9 Å². The van der Waals surface area contributed by atoms with Crippen molar-refractivity contribution in [3.63, 3.8) is 0 Å². The molecule has 0 saturated carbocycles.